The van der Waals surface area contributed by atoms with Crippen molar-refractivity contribution in [3.63, 3.8) is 0 Å². The second kappa shape index (κ2) is 10.3. The second-order valence-electron chi connectivity index (χ2n) is 6.65. The van der Waals surface area contributed by atoms with Crippen molar-refractivity contribution in [1.29, 1.82) is 0 Å². The first-order chi connectivity index (χ1) is 14.6. The first kappa shape index (κ1) is 24.1. The zero-order chi connectivity index (χ0) is 23.2. The molecule has 0 saturated carbocycles. The minimum absolute atomic E-state index is 0.327. The Hall–Kier alpha value is -3.14. The van der Waals surface area contributed by atoms with Gasteiger partial charge in [0.05, 0.1) is 27.4 Å². The van der Waals surface area contributed by atoms with Crippen LogP contribution < -0.4 is 24.3 Å². The Morgan fingerprint density at radius 3 is 2.13 bits per heavy atom. The van der Waals surface area contributed by atoms with Gasteiger partial charge in [-0.25, -0.2) is 0 Å². The minimum atomic E-state index is -4.77. The molecule has 2 aromatic carbocycles. The van der Waals surface area contributed by atoms with Crippen molar-refractivity contribution in [1.82, 2.24) is 4.90 Å². The Labute approximate surface area is 178 Å². The van der Waals surface area contributed by atoms with E-state index in [4.69, 9.17) is 14.2 Å². The topological polar surface area (TPSA) is 69.3 Å². The zero-order valence-corrected chi connectivity index (χ0v) is 17.9. The fourth-order valence-electron chi connectivity index (χ4n) is 2.88. The summed E-state index contributed by atoms with van der Waals surface area (Å²) in [5.41, 5.74) is 1.14. The molecule has 1 N–H and O–H groups in total. The van der Waals surface area contributed by atoms with E-state index >= 15 is 0 Å². The average molecular weight is 442 g/mol. The summed E-state index contributed by atoms with van der Waals surface area (Å²) in [6.07, 6.45) is -4.77. The maximum Gasteiger partial charge on any atom is 0.573 e. The van der Waals surface area contributed by atoms with Crippen LogP contribution in [0.2, 0.25) is 0 Å². The lowest BCUT2D eigenvalue weighted by atomic mass is 10.1. The number of hydrogen-bond donors (Lipinski definition) is 1. The van der Waals surface area contributed by atoms with Gasteiger partial charge in [0.1, 0.15) is 5.75 Å². The number of methoxy groups -OCH3 is 3. The van der Waals surface area contributed by atoms with Crippen molar-refractivity contribution in [2.24, 2.45) is 0 Å². The molecule has 0 aliphatic carbocycles. The molecule has 1 unspecified atom stereocenters. The molecule has 1 atom stereocenters. The summed E-state index contributed by atoms with van der Waals surface area (Å²) in [5.74, 6) is 0.785. The summed E-state index contributed by atoms with van der Waals surface area (Å²) in [6.45, 7) is 2.08. The van der Waals surface area contributed by atoms with Gasteiger partial charge in [-0.05, 0) is 44.3 Å². The third kappa shape index (κ3) is 6.42. The van der Waals surface area contributed by atoms with Gasteiger partial charge in [0, 0.05) is 17.8 Å². The van der Waals surface area contributed by atoms with Crippen molar-refractivity contribution in [2.45, 2.75) is 25.9 Å². The van der Waals surface area contributed by atoms with Crippen molar-refractivity contribution >= 4 is 11.6 Å². The molecule has 0 aliphatic rings. The number of anilines is 1. The van der Waals surface area contributed by atoms with E-state index < -0.39 is 12.4 Å². The Morgan fingerprint density at radius 2 is 1.61 bits per heavy atom. The van der Waals surface area contributed by atoms with Crippen molar-refractivity contribution in [2.75, 3.05) is 33.7 Å². The molecule has 2 aromatic rings. The van der Waals surface area contributed by atoms with E-state index in [1.807, 2.05) is 6.07 Å². The predicted molar refractivity (Wildman–Crippen MR) is 109 cm³/mol. The fourth-order valence-corrected chi connectivity index (χ4v) is 2.88. The number of nitrogens with zero attached hydrogens (tertiary/aromatic N) is 1. The van der Waals surface area contributed by atoms with Gasteiger partial charge in [0.25, 0.3) is 0 Å². The number of likely N-dealkylation sites (N-methyl/N-ethyl adjacent to an activating group) is 1. The van der Waals surface area contributed by atoms with Crippen LogP contribution in [0.5, 0.6) is 23.0 Å². The van der Waals surface area contributed by atoms with Crippen molar-refractivity contribution in [3.05, 3.63) is 42.0 Å². The van der Waals surface area contributed by atoms with E-state index in [-0.39, 0.29) is 11.7 Å². The molecule has 0 aliphatic heterocycles. The van der Waals surface area contributed by atoms with Crippen LogP contribution in [-0.2, 0) is 11.3 Å². The molecule has 0 fully saturated rings. The summed E-state index contributed by atoms with van der Waals surface area (Å²) in [5, 5.41) is 2.67. The van der Waals surface area contributed by atoms with Crippen LogP contribution in [-0.4, -0.2) is 51.6 Å². The van der Waals surface area contributed by atoms with Gasteiger partial charge in [0.15, 0.2) is 11.5 Å². The monoisotopic (exact) mass is 442 g/mol. The molecule has 7 nitrogen and oxygen atoms in total. The summed E-state index contributed by atoms with van der Waals surface area (Å²) in [6, 6.07) is 7.95. The van der Waals surface area contributed by atoms with E-state index in [0.29, 0.717) is 29.5 Å². The second-order valence-corrected chi connectivity index (χ2v) is 6.65. The summed E-state index contributed by atoms with van der Waals surface area (Å²) in [4.78, 5) is 14.4. The smallest absolute Gasteiger partial charge is 0.493 e. The van der Waals surface area contributed by atoms with Crippen molar-refractivity contribution in [3.8, 4) is 23.0 Å². The number of amides is 1. The van der Waals surface area contributed by atoms with Gasteiger partial charge in [-0.2, -0.15) is 0 Å². The zero-order valence-electron chi connectivity index (χ0n) is 17.9. The predicted octanol–water partition coefficient (Wildman–Crippen LogP) is 4.07. The molecule has 0 aromatic heterocycles. The normalized spacial score (nSPS) is 12.3. The lowest BCUT2D eigenvalue weighted by Crippen LogP contribution is -2.39. The van der Waals surface area contributed by atoms with Crippen LogP contribution in [0.25, 0.3) is 0 Å². The number of halogens is 3. The quantitative estimate of drug-likeness (QED) is 0.632. The first-order valence-corrected chi connectivity index (χ1v) is 9.24. The summed E-state index contributed by atoms with van der Waals surface area (Å²) < 4.78 is 56.7. The minimum Gasteiger partial charge on any atom is -0.493 e. The van der Waals surface area contributed by atoms with Gasteiger partial charge >= 0.3 is 6.36 Å². The number of nitrogens with one attached hydrogen (secondary N) is 1. The molecule has 0 spiro atoms. The number of carbonyl (C=O) groups excluding carboxylic acids is 1. The lowest BCUT2D eigenvalue weighted by molar-refractivity contribution is -0.274. The molecule has 31 heavy (non-hydrogen) atoms. The Balaban J connectivity index is 2.06. The van der Waals surface area contributed by atoms with E-state index in [0.717, 1.165) is 17.7 Å². The third-order valence-corrected chi connectivity index (χ3v) is 4.60. The molecule has 170 valence electrons. The average Bonchev–Trinajstić information content (AvgIpc) is 2.72. The number of rotatable bonds is 9. The highest BCUT2D eigenvalue weighted by atomic mass is 19.4. The Morgan fingerprint density at radius 1 is 1.00 bits per heavy atom. The maximum atomic E-state index is 12.6. The van der Waals surface area contributed by atoms with E-state index in [1.165, 1.54) is 33.5 Å². The van der Waals surface area contributed by atoms with Crippen LogP contribution >= 0.6 is 0 Å². The van der Waals surface area contributed by atoms with E-state index in [2.05, 4.69) is 10.1 Å². The molecule has 10 heteroatoms. The third-order valence-electron chi connectivity index (χ3n) is 4.60. The SMILES string of the molecule is COc1ccc(CN(C)C(C)C(=O)Nc2ccc(OC(F)(F)F)cc2)c(OC)c1OC. The summed E-state index contributed by atoms with van der Waals surface area (Å²) in [7, 11) is 6.32. The standard InChI is InChI=1S/C21H25F3N2O5/c1-13(20(27)25-15-7-9-16(10-8-15)31-21(22,23)24)26(2)12-14-6-11-17(28-3)19(30-5)18(14)29-4/h6-11,13H,12H2,1-5H3,(H,25,27). The van der Waals surface area contributed by atoms with Crippen LogP contribution in [0.15, 0.2) is 36.4 Å². The number of benzene rings is 2. The number of carbonyl (C=O) groups is 1. The molecular weight excluding hydrogens is 417 g/mol. The molecule has 0 saturated heterocycles. The van der Waals surface area contributed by atoms with Crippen LogP contribution in [0.1, 0.15) is 12.5 Å². The largest absolute Gasteiger partial charge is 0.573 e. The molecule has 0 bridgehead atoms. The van der Waals surface area contributed by atoms with Gasteiger partial charge < -0.3 is 24.3 Å². The van der Waals surface area contributed by atoms with E-state index in [9.17, 15) is 18.0 Å². The lowest BCUT2D eigenvalue weighted by Gasteiger charge is -2.25. The highest BCUT2D eigenvalue weighted by Gasteiger charge is 2.31. The van der Waals surface area contributed by atoms with Crippen molar-refractivity contribution < 1.29 is 36.9 Å². The molecule has 0 radical (unpaired) electrons. The number of alkyl halides is 3. The van der Waals surface area contributed by atoms with Crippen LogP contribution in [0.3, 0.4) is 0 Å². The van der Waals surface area contributed by atoms with Gasteiger partial charge in [-0.1, -0.05) is 6.07 Å². The van der Waals surface area contributed by atoms with Crippen LogP contribution in [0, 0.1) is 0 Å². The molecule has 1 amide bonds. The highest BCUT2D eigenvalue weighted by Crippen LogP contribution is 2.40. The summed E-state index contributed by atoms with van der Waals surface area (Å²) >= 11 is 0. The molecular formula is C21H25F3N2O5. The number of hydrogen-bond acceptors (Lipinski definition) is 6. The van der Waals surface area contributed by atoms with Gasteiger partial charge in [-0.15, -0.1) is 13.2 Å². The molecule has 2 rings (SSSR count). The fraction of sp³-hybridized carbons (Fsp3) is 0.381. The molecule has 0 heterocycles. The highest BCUT2D eigenvalue weighted by molar-refractivity contribution is 5.94. The number of ether oxygens (including phenoxy) is 4. The Bertz CT molecular complexity index is 888. The first-order valence-electron chi connectivity index (χ1n) is 9.24. The maximum absolute atomic E-state index is 12.6. The van der Waals surface area contributed by atoms with Gasteiger partial charge in [-0.3, -0.25) is 9.69 Å². The Kier molecular flexibility index (Phi) is 7.98. The van der Waals surface area contributed by atoms with Crippen LogP contribution in [0.4, 0.5) is 18.9 Å². The van der Waals surface area contributed by atoms with E-state index in [1.54, 1.807) is 24.9 Å². The van der Waals surface area contributed by atoms with Gasteiger partial charge in [0.2, 0.25) is 11.7 Å².